The summed E-state index contributed by atoms with van der Waals surface area (Å²) in [6.45, 7) is 8.63. The molecule has 1 aliphatic carbocycles. The van der Waals surface area contributed by atoms with Crippen molar-refractivity contribution in [1.82, 2.24) is 0 Å². The summed E-state index contributed by atoms with van der Waals surface area (Å²) in [7, 11) is 0. The van der Waals surface area contributed by atoms with Crippen LogP contribution >= 0.6 is 0 Å². The minimum absolute atomic E-state index is 0.536. The van der Waals surface area contributed by atoms with E-state index in [0.29, 0.717) is 6.04 Å². The second-order valence-corrected chi connectivity index (χ2v) is 5.18. The number of hydrogen-bond acceptors (Lipinski definition) is 1. The lowest BCUT2D eigenvalue weighted by atomic mass is 9.97. The van der Waals surface area contributed by atoms with E-state index >= 15 is 0 Å². The van der Waals surface area contributed by atoms with E-state index in [4.69, 9.17) is 5.73 Å². The van der Waals surface area contributed by atoms with E-state index in [2.05, 4.69) is 45.9 Å². The smallest absolute Gasteiger partial charge is 0.00388 e. The van der Waals surface area contributed by atoms with E-state index in [1.165, 1.54) is 44.1 Å². The largest absolute Gasteiger partial charge is 0.328 e. The van der Waals surface area contributed by atoms with Crippen LogP contribution in [-0.4, -0.2) is 6.04 Å². The molecule has 0 aromatic rings. The van der Waals surface area contributed by atoms with Crippen molar-refractivity contribution in [1.29, 1.82) is 0 Å². The van der Waals surface area contributed by atoms with Crippen LogP contribution in [0.1, 0.15) is 66.2 Å². The van der Waals surface area contributed by atoms with Gasteiger partial charge in [-0.15, -0.1) is 0 Å². The summed E-state index contributed by atoms with van der Waals surface area (Å²) in [5, 5.41) is 0. The normalized spacial score (nSPS) is 19.9. The van der Waals surface area contributed by atoms with Crippen molar-refractivity contribution in [3.63, 3.8) is 0 Å². The molecule has 0 saturated heterocycles. The fraction of sp³-hybridized carbons (Fsp3) is 0.750. The van der Waals surface area contributed by atoms with Crippen molar-refractivity contribution in [2.24, 2.45) is 11.7 Å². The molecule has 0 spiro atoms. The summed E-state index contributed by atoms with van der Waals surface area (Å²) in [6, 6.07) is 0.536. The molecule has 2 N–H and O–H groups in total. The lowest BCUT2D eigenvalue weighted by Crippen LogP contribution is -2.22. The van der Waals surface area contributed by atoms with Crippen molar-refractivity contribution < 1.29 is 0 Å². The molecular weight excluding hydrogens is 206 g/mol. The number of allylic oxidation sites excluding steroid dienone is 4. The molecule has 1 heteroatoms. The molecular formula is C16H31N. The third kappa shape index (κ3) is 10.3. The van der Waals surface area contributed by atoms with Crippen LogP contribution in [0.4, 0.5) is 0 Å². The summed E-state index contributed by atoms with van der Waals surface area (Å²) >= 11 is 0. The molecule has 0 amide bonds. The number of rotatable bonds is 3. The molecule has 1 nitrogen and oxygen atoms in total. The summed E-state index contributed by atoms with van der Waals surface area (Å²) in [4.78, 5) is 0. The van der Waals surface area contributed by atoms with Crippen molar-refractivity contribution in [3.05, 3.63) is 23.8 Å². The highest BCUT2D eigenvalue weighted by atomic mass is 14.6. The van der Waals surface area contributed by atoms with Crippen molar-refractivity contribution in [2.75, 3.05) is 0 Å². The summed E-state index contributed by atoms with van der Waals surface area (Å²) in [5.41, 5.74) is 6.98. The Morgan fingerprint density at radius 1 is 1.29 bits per heavy atom. The fourth-order valence-corrected chi connectivity index (χ4v) is 1.68. The van der Waals surface area contributed by atoms with Gasteiger partial charge in [0.1, 0.15) is 0 Å². The van der Waals surface area contributed by atoms with Crippen LogP contribution < -0.4 is 5.73 Å². The van der Waals surface area contributed by atoms with Crippen molar-refractivity contribution in [3.8, 4) is 0 Å². The predicted octanol–water partition coefficient (Wildman–Crippen LogP) is 4.83. The van der Waals surface area contributed by atoms with Gasteiger partial charge in [0.25, 0.3) is 0 Å². The molecule has 17 heavy (non-hydrogen) atoms. The van der Waals surface area contributed by atoms with E-state index in [-0.39, 0.29) is 0 Å². The fourth-order valence-electron chi connectivity index (χ4n) is 1.68. The molecule has 1 saturated carbocycles. The number of hydrogen-bond donors (Lipinski definition) is 1. The van der Waals surface area contributed by atoms with Gasteiger partial charge in [-0.3, -0.25) is 0 Å². The quantitative estimate of drug-likeness (QED) is 0.699. The standard InChI is InChI=1S/C10H18.C6H13N/c1-5-9(3)7-8-10(4)6-2;7-6-4-2-1-3-5-6/h5,7-8,10H,6H2,1-4H3;6H,1-5,7H2/b8-7-,9-5-;. The molecule has 0 aromatic heterocycles. The molecule has 1 atom stereocenters. The Balaban J connectivity index is 0.000000318. The summed E-state index contributed by atoms with van der Waals surface area (Å²) in [6.07, 6.45) is 14.5. The SMILES string of the molecule is C/C=C(C)\C=C/C(C)CC.NC1CCCCC1. The Morgan fingerprint density at radius 3 is 2.24 bits per heavy atom. The lowest BCUT2D eigenvalue weighted by Gasteiger charge is -2.15. The average molecular weight is 237 g/mol. The topological polar surface area (TPSA) is 26.0 Å². The van der Waals surface area contributed by atoms with E-state index in [0.717, 1.165) is 5.92 Å². The number of nitrogens with two attached hydrogens (primary N) is 1. The molecule has 1 unspecified atom stereocenters. The molecule has 0 heterocycles. The summed E-state index contributed by atoms with van der Waals surface area (Å²) in [5.74, 6) is 0.717. The first-order valence-corrected chi connectivity index (χ1v) is 7.16. The second-order valence-electron chi connectivity index (χ2n) is 5.18. The van der Waals surface area contributed by atoms with Gasteiger partial charge in [-0.1, -0.05) is 63.3 Å². The van der Waals surface area contributed by atoms with Crippen molar-refractivity contribution in [2.45, 2.75) is 72.3 Å². The zero-order valence-electron chi connectivity index (χ0n) is 12.2. The van der Waals surface area contributed by atoms with Gasteiger partial charge in [0.15, 0.2) is 0 Å². The van der Waals surface area contributed by atoms with Crippen LogP contribution in [0.5, 0.6) is 0 Å². The zero-order valence-corrected chi connectivity index (χ0v) is 12.2. The van der Waals surface area contributed by atoms with Gasteiger partial charge in [0, 0.05) is 6.04 Å². The molecule has 1 aliphatic rings. The van der Waals surface area contributed by atoms with E-state index in [9.17, 15) is 0 Å². The Kier molecular flexibility index (Phi) is 10.2. The van der Waals surface area contributed by atoms with Crippen LogP contribution in [-0.2, 0) is 0 Å². The summed E-state index contributed by atoms with van der Waals surface area (Å²) < 4.78 is 0. The molecule has 0 aromatic carbocycles. The second kappa shape index (κ2) is 10.6. The molecule has 1 fully saturated rings. The molecule has 100 valence electrons. The molecule has 0 aliphatic heterocycles. The molecule has 0 radical (unpaired) electrons. The van der Waals surface area contributed by atoms with Gasteiger partial charge in [-0.25, -0.2) is 0 Å². The predicted molar refractivity (Wildman–Crippen MR) is 79.1 cm³/mol. The maximum atomic E-state index is 5.63. The van der Waals surface area contributed by atoms with Gasteiger partial charge in [0.2, 0.25) is 0 Å². The Morgan fingerprint density at radius 2 is 1.88 bits per heavy atom. The van der Waals surface area contributed by atoms with Gasteiger partial charge < -0.3 is 5.73 Å². The minimum Gasteiger partial charge on any atom is -0.328 e. The van der Waals surface area contributed by atoms with Crippen LogP contribution in [0, 0.1) is 5.92 Å². The highest BCUT2D eigenvalue weighted by molar-refractivity contribution is 5.15. The third-order valence-corrected chi connectivity index (χ3v) is 3.44. The van der Waals surface area contributed by atoms with Crippen LogP contribution in [0.3, 0.4) is 0 Å². The first kappa shape index (κ1) is 16.4. The van der Waals surface area contributed by atoms with Crippen LogP contribution in [0.2, 0.25) is 0 Å². The maximum Gasteiger partial charge on any atom is 0.00388 e. The van der Waals surface area contributed by atoms with Crippen molar-refractivity contribution >= 4 is 0 Å². The monoisotopic (exact) mass is 237 g/mol. The maximum absolute atomic E-state index is 5.63. The highest BCUT2D eigenvalue weighted by Gasteiger charge is 2.06. The molecule has 0 bridgehead atoms. The molecule has 1 rings (SSSR count). The highest BCUT2D eigenvalue weighted by Crippen LogP contribution is 2.14. The zero-order chi connectivity index (χ0) is 13.1. The van der Waals surface area contributed by atoms with E-state index in [1.807, 2.05) is 0 Å². The minimum atomic E-state index is 0.536. The van der Waals surface area contributed by atoms with E-state index in [1.54, 1.807) is 0 Å². The first-order valence-electron chi connectivity index (χ1n) is 7.16. The Labute approximate surface area is 108 Å². The lowest BCUT2D eigenvalue weighted by molar-refractivity contribution is 0.441. The van der Waals surface area contributed by atoms with Crippen LogP contribution in [0.15, 0.2) is 23.8 Å². The average Bonchev–Trinajstić information content (AvgIpc) is 2.37. The van der Waals surface area contributed by atoms with Crippen LogP contribution in [0.25, 0.3) is 0 Å². The van der Waals surface area contributed by atoms with Gasteiger partial charge in [-0.05, 0) is 32.6 Å². The van der Waals surface area contributed by atoms with Gasteiger partial charge in [0.05, 0.1) is 0 Å². The Hall–Kier alpha value is -0.560. The van der Waals surface area contributed by atoms with Gasteiger partial charge >= 0.3 is 0 Å². The Bertz CT molecular complexity index is 222. The van der Waals surface area contributed by atoms with E-state index < -0.39 is 0 Å². The first-order chi connectivity index (χ1) is 8.10. The third-order valence-electron chi connectivity index (χ3n) is 3.44. The van der Waals surface area contributed by atoms with Gasteiger partial charge in [-0.2, -0.15) is 0 Å².